The zero-order chi connectivity index (χ0) is 27.6. The number of ketones is 1. The number of unbranched alkanes of at least 4 members (excludes halogenated alkanes) is 2. The Morgan fingerprint density at radius 2 is 1.72 bits per heavy atom. The molecule has 6 heteroatoms. The molecule has 0 saturated heterocycles. The molecule has 1 aliphatic heterocycles. The molecule has 0 aromatic heterocycles. The number of anilines is 2. The molecule has 0 spiro atoms. The number of nitrogens with one attached hydrogen (secondary N) is 1. The molecule has 202 valence electrons. The van der Waals surface area contributed by atoms with Gasteiger partial charge in [0.25, 0.3) is 5.91 Å². The van der Waals surface area contributed by atoms with Crippen LogP contribution in [0, 0.1) is 11.2 Å². The van der Waals surface area contributed by atoms with Crippen molar-refractivity contribution in [3.8, 4) is 5.75 Å². The molecule has 0 fully saturated rings. The zero-order valence-corrected chi connectivity index (χ0v) is 22.8. The highest BCUT2D eigenvalue weighted by atomic mass is 19.1. The SMILES string of the molecule is CCCCCOc1ccc(C2C3=C(CC(C)(C)CC3=O)Nc3ccccc3N2C(=O)c2ccccc2F)cc1. The van der Waals surface area contributed by atoms with Crippen molar-refractivity contribution in [1.29, 1.82) is 0 Å². The van der Waals surface area contributed by atoms with E-state index in [1.54, 1.807) is 17.0 Å². The molecule has 0 radical (unpaired) electrons. The van der Waals surface area contributed by atoms with Crippen molar-refractivity contribution < 1.29 is 18.7 Å². The minimum Gasteiger partial charge on any atom is -0.494 e. The average Bonchev–Trinajstić information content (AvgIpc) is 3.05. The highest BCUT2D eigenvalue weighted by Gasteiger charge is 2.43. The lowest BCUT2D eigenvalue weighted by Crippen LogP contribution is -2.39. The fraction of sp³-hybridized carbons (Fsp3) is 0.333. The third-order valence-corrected chi connectivity index (χ3v) is 7.44. The van der Waals surface area contributed by atoms with Crippen molar-refractivity contribution in [1.82, 2.24) is 0 Å². The number of hydrogen-bond donors (Lipinski definition) is 1. The van der Waals surface area contributed by atoms with E-state index in [4.69, 9.17) is 4.74 Å². The second-order valence-electron chi connectivity index (χ2n) is 11.2. The predicted octanol–water partition coefficient (Wildman–Crippen LogP) is 7.85. The molecule has 2 aliphatic rings. The first-order valence-electron chi connectivity index (χ1n) is 13.7. The molecule has 1 N–H and O–H groups in total. The van der Waals surface area contributed by atoms with Crippen LogP contribution in [0.1, 0.15) is 74.8 Å². The lowest BCUT2D eigenvalue weighted by atomic mass is 9.73. The van der Waals surface area contributed by atoms with Crippen LogP contribution in [0.5, 0.6) is 5.75 Å². The molecular formula is C33H35FN2O3. The summed E-state index contributed by atoms with van der Waals surface area (Å²) in [5.74, 6) is -0.382. The van der Waals surface area contributed by atoms with E-state index in [-0.39, 0.29) is 16.8 Å². The van der Waals surface area contributed by atoms with Crippen LogP contribution in [0.3, 0.4) is 0 Å². The van der Waals surface area contributed by atoms with Crippen LogP contribution >= 0.6 is 0 Å². The molecule has 39 heavy (non-hydrogen) atoms. The van der Waals surface area contributed by atoms with Gasteiger partial charge in [-0.15, -0.1) is 0 Å². The number of amides is 1. The maximum Gasteiger partial charge on any atom is 0.262 e. The number of carbonyl (C=O) groups excluding carboxylic acids is 2. The molecule has 1 amide bonds. The highest BCUT2D eigenvalue weighted by molar-refractivity contribution is 6.12. The third kappa shape index (κ3) is 5.47. The largest absolute Gasteiger partial charge is 0.494 e. The van der Waals surface area contributed by atoms with Crippen LogP contribution in [-0.4, -0.2) is 18.3 Å². The summed E-state index contributed by atoms with van der Waals surface area (Å²) in [7, 11) is 0. The standard InChI is InChI=1S/C33H35FN2O3/c1-4-5-10-19-39-23-17-15-22(16-18-23)31-30-27(20-33(2,3)21-29(30)37)35-26-13-8-9-14-28(26)36(31)32(38)24-11-6-7-12-25(24)34/h6-9,11-18,31,35H,4-5,10,19-21H2,1-3H3. The van der Waals surface area contributed by atoms with Gasteiger partial charge in [0, 0.05) is 17.7 Å². The minimum absolute atomic E-state index is 0.0159. The van der Waals surface area contributed by atoms with Crippen molar-refractivity contribution in [3.63, 3.8) is 0 Å². The van der Waals surface area contributed by atoms with Gasteiger partial charge >= 0.3 is 0 Å². The van der Waals surface area contributed by atoms with Gasteiger partial charge in [-0.3, -0.25) is 14.5 Å². The number of nitrogens with zero attached hydrogens (tertiary/aromatic N) is 1. The monoisotopic (exact) mass is 526 g/mol. The summed E-state index contributed by atoms with van der Waals surface area (Å²) < 4.78 is 20.9. The fourth-order valence-electron chi connectivity index (χ4n) is 5.58. The summed E-state index contributed by atoms with van der Waals surface area (Å²) in [5.41, 5.74) is 3.14. The van der Waals surface area contributed by atoms with Crippen molar-refractivity contribution >= 4 is 23.1 Å². The highest BCUT2D eigenvalue weighted by Crippen LogP contribution is 2.48. The normalized spacial score (nSPS) is 18.1. The van der Waals surface area contributed by atoms with Crippen molar-refractivity contribution in [3.05, 3.63) is 101 Å². The van der Waals surface area contributed by atoms with Crippen LogP contribution in [0.2, 0.25) is 0 Å². The number of allylic oxidation sites excluding steroid dienone is 1. The number of fused-ring (bicyclic) bond motifs is 1. The number of hydrogen-bond acceptors (Lipinski definition) is 4. The molecule has 3 aromatic rings. The van der Waals surface area contributed by atoms with Crippen molar-refractivity contribution in [2.75, 3.05) is 16.8 Å². The van der Waals surface area contributed by atoms with Crippen LogP contribution < -0.4 is 15.0 Å². The Hall–Kier alpha value is -3.93. The first kappa shape index (κ1) is 26.7. The lowest BCUT2D eigenvalue weighted by Gasteiger charge is -2.37. The summed E-state index contributed by atoms with van der Waals surface area (Å²) in [6.07, 6.45) is 4.22. The van der Waals surface area contributed by atoms with Gasteiger partial charge in [0.05, 0.1) is 29.6 Å². The van der Waals surface area contributed by atoms with Gasteiger partial charge in [-0.2, -0.15) is 0 Å². The topological polar surface area (TPSA) is 58.6 Å². The minimum atomic E-state index is -0.735. The Kier molecular flexibility index (Phi) is 7.56. The predicted molar refractivity (Wildman–Crippen MR) is 153 cm³/mol. The van der Waals surface area contributed by atoms with Gasteiger partial charge < -0.3 is 10.1 Å². The maximum absolute atomic E-state index is 15.0. The van der Waals surface area contributed by atoms with Gasteiger partial charge in [0.15, 0.2) is 5.78 Å². The number of rotatable bonds is 7. The van der Waals surface area contributed by atoms with E-state index in [2.05, 4.69) is 26.1 Å². The van der Waals surface area contributed by atoms with Gasteiger partial charge in [-0.05, 0) is 60.2 Å². The summed E-state index contributed by atoms with van der Waals surface area (Å²) in [6.45, 7) is 6.94. The zero-order valence-electron chi connectivity index (χ0n) is 22.8. The summed E-state index contributed by atoms with van der Waals surface area (Å²) in [4.78, 5) is 29.6. The summed E-state index contributed by atoms with van der Waals surface area (Å²) >= 11 is 0. The number of Topliss-reactive ketones (excluding diaryl/α,β-unsaturated/α-hetero) is 1. The Balaban J connectivity index is 1.66. The van der Waals surface area contributed by atoms with Crippen LogP contribution in [0.15, 0.2) is 84.1 Å². The van der Waals surface area contributed by atoms with Gasteiger partial charge in [0.2, 0.25) is 0 Å². The van der Waals surface area contributed by atoms with E-state index in [1.165, 1.54) is 12.1 Å². The molecule has 5 rings (SSSR count). The number of ether oxygens (including phenoxy) is 1. The quantitative estimate of drug-likeness (QED) is 0.319. The van der Waals surface area contributed by atoms with E-state index in [9.17, 15) is 14.0 Å². The smallest absolute Gasteiger partial charge is 0.262 e. The van der Waals surface area contributed by atoms with E-state index in [1.807, 2.05) is 48.5 Å². The Labute approximate surface area is 229 Å². The Morgan fingerprint density at radius 1 is 1.00 bits per heavy atom. The molecule has 1 aliphatic carbocycles. The number of carbonyl (C=O) groups is 2. The lowest BCUT2D eigenvalue weighted by molar-refractivity contribution is -0.118. The molecule has 0 bridgehead atoms. The van der Waals surface area contributed by atoms with E-state index in [0.29, 0.717) is 36.4 Å². The second kappa shape index (κ2) is 11.0. The molecule has 1 heterocycles. The van der Waals surface area contributed by atoms with Gasteiger partial charge in [-0.1, -0.05) is 70.0 Å². The Morgan fingerprint density at radius 3 is 2.46 bits per heavy atom. The molecular weight excluding hydrogens is 491 g/mol. The first-order valence-corrected chi connectivity index (χ1v) is 13.7. The second-order valence-corrected chi connectivity index (χ2v) is 11.2. The molecule has 3 aromatic carbocycles. The summed E-state index contributed by atoms with van der Waals surface area (Å²) in [6, 6.07) is 20.3. The molecule has 0 saturated carbocycles. The molecule has 1 atom stereocenters. The van der Waals surface area contributed by atoms with E-state index in [0.717, 1.165) is 36.3 Å². The number of halogens is 1. The number of para-hydroxylation sites is 2. The number of benzene rings is 3. The van der Waals surface area contributed by atoms with Gasteiger partial charge in [-0.25, -0.2) is 4.39 Å². The van der Waals surface area contributed by atoms with Crippen molar-refractivity contribution in [2.24, 2.45) is 5.41 Å². The van der Waals surface area contributed by atoms with E-state index >= 15 is 0 Å². The van der Waals surface area contributed by atoms with Crippen molar-refractivity contribution in [2.45, 2.75) is 58.9 Å². The molecule has 1 unspecified atom stereocenters. The summed E-state index contributed by atoms with van der Waals surface area (Å²) in [5, 5.41) is 3.50. The van der Waals surface area contributed by atoms with Gasteiger partial charge in [0.1, 0.15) is 11.6 Å². The van der Waals surface area contributed by atoms with E-state index < -0.39 is 17.8 Å². The fourth-order valence-corrected chi connectivity index (χ4v) is 5.58. The van der Waals surface area contributed by atoms with Crippen LogP contribution in [-0.2, 0) is 4.79 Å². The first-order chi connectivity index (χ1) is 18.8. The Bertz CT molecular complexity index is 1410. The maximum atomic E-state index is 15.0. The van der Waals surface area contributed by atoms with Crippen LogP contribution in [0.4, 0.5) is 15.8 Å². The third-order valence-electron chi connectivity index (χ3n) is 7.44. The molecule has 5 nitrogen and oxygen atoms in total. The average molecular weight is 527 g/mol. The van der Waals surface area contributed by atoms with Crippen LogP contribution in [0.25, 0.3) is 0 Å².